The van der Waals surface area contributed by atoms with E-state index in [2.05, 4.69) is 47.4 Å². The summed E-state index contributed by atoms with van der Waals surface area (Å²) >= 11 is 0. The van der Waals surface area contributed by atoms with E-state index < -0.39 is 28.7 Å². The molecule has 332 valence electrons. The first-order valence-electron chi connectivity index (χ1n) is 22.3. The van der Waals surface area contributed by atoms with Gasteiger partial charge in [-0.2, -0.15) is 10.2 Å². The maximum absolute atomic E-state index is 16.1. The Kier molecular flexibility index (Phi) is 8.58. The number of amides is 1. The molecule has 0 bridgehead atoms. The van der Waals surface area contributed by atoms with Crippen LogP contribution in [-0.2, 0) is 23.6 Å². The van der Waals surface area contributed by atoms with Crippen LogP contribution in [0.5, 0.6) is 0 Å². The van der Waals surface area contributed by atoms with Gasteiger partial charge in [0, 0.05) is 62.5 Å². The number of hydrogen-bond donors (Lipinski definition) is 1. The maximum atomic E-state index is 16.1. The van der Waals surface area contributed by atoms with Gasteiger partial charge in [0.2, 0.25) is 0 Å². The van der Waals surface area contributed by atoms with E-state index in [1.165, 1.54) is 27.6 Å². The van der Waals surface area contributed by atoms with Crippen LogP contribution in [0.1, 0.15) is 121 Å². The largest absolute Gasteiger partial charge is 0.438 e. The van der Waals surface area contributed by atoms with E-state index in [-0.39, 0.29) is 40.2 Å². The van der Waals surface area contributed by atoms with Gasteiger partial charge in [-0.1, -0.05) is 11.2 Å². The predicted octanol–water partition coefficient (Wildman–Crippen LogP) is 7.30. The Hall–Kier alpha value is -6.88. The van der Waals surface area contributed by atoms with E-state index in [1.807, 2.05) is 17.5 Å². The number of aromatic nitrogens is 9. The lowest BCUT2D eigenvalue weighted by Crippen LogP contribution is -2.40. The standard InChI is InChI=1S/C48H46F2N10O5/c1-26-39-35(53-60(30-8-9-34(49)31(21-30)27-5-6-27)42(39)59-19-18-58(46(59)63)38-12-11-36-32(41(38)50)23-51-55(36)4)13-17-57(26)43(61)33-25-56-24-29(28-14-20-64-47(2,3)22-28)7-10-37(56)40(33)48(15-16-48)44-52-45(62)65-54-44/h7-12,18-19,21,23-28H,5-6,13-17,20,22H2,1-4H3,(H,52,54,62)/t26-,28+/m0/s1. The number of aryl methyl sites for hydroxylation is 1. The third kappa shape index (κ3) is 6.14. The fraction of sp³-hybridized carbons (Fsp3) is 0.375. The van der Waals surface area contributed by atoms with E-state index in [9.17, 15) is 9.59 Å². The summed E-state index contributed by atoms with van der Waals surface area (Å²) in [6.07, 6.45) is 13.7. The highest BCUT2D eigenvalue weighted by Crippen LogP contribution is 2.55. The number of imidazole rings is 1. The second kappa shape index (κ2) is 14.1. The third-order valence-corrected chi connectivity index (χ3v) is 14.4. The lowest BCUT2D eigenvalue weighted by atomic mass is 9.84. The smallest absolute Gasteiger partial charge is 0.376 e. The zero-order valence-electron chi connectivity index (χ0n) is 36.3. The molecule has 0 radical (unpaired) electrons. The Labute approximate surface area is 369 Å². The van der Waals surface area contributed by atoms with E-state index in [4.69, 9.17) is 14.4 Å². The third-order valence-electron chi connectivity index (χ3n) is 14.4. The first kappa shape index (κ1) is 39.7. The van der Waals surface area contributed by atoms with E-state index in [0.717, 1.165) is 42.3 Å². The Morgan fingerprint density at radius 2 is 1.75 bits per heavy atom. The lowest BCUT2D eigenvalue weighted by Gasteiger charge is -2.35. The molecule has 2 aromatic carbocycles. The van der Waals surface area contributed by atoms with Crippen molar-refractivity contribution in [2.45, 2.75) is 94.6 Å². The van der Waals surface area contributed by atoms with E-state index >= 15 is 13.6 Å². The molecule has 3 fully saturated rings. The SMILES string of the molecule is C[C@H]1c2c(nn(-c3ccc(F)c(C4CC4)c3)c2-n2ccn(-c3ccc4c(cnn4C)c3F)c2=O)CCN1C(=O)c1cn2cc([C@@H]3CCOC(C)(C)C3)ccc2c1C1(c2noc(=O)[nH]2)CC1. The van der Waals surface area contributed by atoms with Crippen LogP contribution >= 0.6 is 0 Å². The van der Waals surface area contributed by atoms with Gasteiger partial charge in [0.05, 0.1) is 62.3 Å². The Morgan fingerprint density at radius 1 is 0.954 bits per heavy atom. The molecule has 1 N–H and O–H groups in total. The van der Waals surface area contributed by atoms with Crippen LogP contribution in [0, 0.1) is 11.6 Å². The van der Waals surface area contributed by atoms with Gasteiger partial charge in [-0.25, -0.2) is 23.1 Å². The van der Waals surface area contributed by atoms with Crippen molar-refractivity contribution in [3.05, 3.63) is 145 Å². The number of H-pyrrole nitrogens is 1. The highest BCUT2D eigenvalue weighted by molar-refractivity contribution is 5.99. The number of pyridine rings is 1. The van der Waals surface area contributed by atoms with Crippen LogP contribution in [0.3, 0.4) is 0 Å². The number of rotatable bonds is 8. The van der Waals surface area contributed by atoms with Gasteiger partial charge in [0.1, 0.15) is 11.6 Å². The van der Waals surface area contributed by atoms with Crippen molar-refractivity contribution in [2.24, 2.45) is 7.05 Å². The van der Waals surface area contributed by atoms with Crippen molar-refractivity contribution in [3.63, 3.8) is 0 Å². The number of aromatic amines is 1. The number of ether oxygens (including phenoxy) is 1. The monoisotopic (exact) mass is 880 g/mol. The minimum atomic E-state index is -0.750. The quantitative estimate of drug-likeness (QED) is 0.167. The number of nitrogens with one attached hydrogen (secondary N) is 1. The average Bonchev–Trinajstić information content (AvgIpc) is 4.03. The summed E-state index contributed by atoms with van der Waals surface area (Å²) in [7, 11) is 1.72. The fourth-order valence-corrected chi connectivity index (χ4v) is 10.7. The summed E-state index contributed by atoms with van der Waals surface area (Å²) in [5.74, 6) is -0.676. The Balaban J connectivity index is 0.994. The van der Waals surface area contributed by atoms with Crippen LogP contribution in [0.2, 0.25) is 0 Å². The molecule has 1 amide bonds. The Bertz CT molecular complexity index is 3390. The van der Waals surface area contributed by atoms with E-state index in [0.29, 0.717) is 77.6 Å². The molecular weight excluding hydrogens is 835 g/mol. The summed E-state index contributed by atoms with van der Waals surface area (Å²) in [6, 6.07) is 11.7. The number of fused-ring (bicyclic) bond motifs is 3. The zero-order chi connectivity index (χ0) is 44.7. The zero-order valence-corrected chi connectivity index (χ0v) is 36.3. The van der Waals surface area contributed by atoms with E-state index in [1.54, 1.807) is 51.8 Å². The van der Waals surface area contributed by atoms with Crippen molar-refractivity contribution in [1.82, 2.24) is 48.1 Å². The molecule has 8 aromatic rings. The molecule has 17 heteroatoms. The second-order valence-corrected chi connectivity index (χ2v) is 18.9. The van der Waals surface area contributed by atoms with Crippen LogP contribution in [0.15, 0.2) is 87.6 Å². The maximum Gasteiger partial charge on any atom is 0.438 e. The number of hydrogen-bond acceptors (Lipinski definition) is 8. The molecule has 0 spiro atoms. The van der Waals surface area contributed by atoms with Gasteiger partial charge in [0.25, 0.3) is 5.91 Å². The minimum Gasteiger partial charge on any atom is -0.376 e. The van der Waals surface area contributed by atoms with Crippen LogP contribution in [-0.4, -0.2) is 72.8 Å². The van der Waals surface area contributed by atoms with Gasteiger partial charge in [0.15, 0.2) is 11.6 Å². The van der Waals surface area contributed by atoms with Gasteiger partial charge >= 0.3 is 11.4 Å². The number of halogens is 2. The number of nitrogens with zero attached hydrogens (tertiary/aromatic N) is 9. The summed E-state index contributed by atoms with van der Waals surface area (Å²) in [4.78, 5) is 47.1. The van der Waals surface area contributed by atoms with Crippen molar-refractivity contribution in [2.75, 3.05) is 13.2 Å². The molecule has 0 unspecified atom stereocenters. The topological polar surface area (TPSA) is 155 Å². The summed E-state index contributed by atoms with van der Waals surface area (Å²) in [6.45, 7) is 7.11. The molecule has 1 saturated heterocycles. The number of carbonyl (C=O) groups excluding carboxylic acids is 1. The molecule has 2 atom stereocenters. The van der Waals surface area contributed by atoms with Gasteiger partial charge < -0.3 is 14.0 Å². The molecule has 65 heavy (non-hydrogen) atoms. The predicted molar refractivity (Wildman–Crippen MR) is 234 cm³/mol. The van der Waals surface area contributed by atoms with Crippen molar-refractivity contribution in [1.29, 1.82) is 0 Å². The first-order valence-corrected chi connectivity index (χ1v) is 22.3. The van der Waals surface area contributed by atoms with Gasteiger partial charge in [-0.05, 0) is 119 Å². The van der Waals surface area contributed by atoms with Crippen LogP contribution < -0.4 is 11.4 Å². The fourth-order valence-electron chi connectivity index (χ4n) is 10.7. The average molecular weight is 881 g/mol. The van der Waals surface area contributed by atoms with Crippen molar-refractivity contribution in [3.8, 4) is 17.2 Å². The molecule has 2 aliphatic carbocycles. The molecule has 2 saturated carbocycles. The minimum absolute atomic E-state index is 0.0521. The number of benzene rings is 2. The van der Waals surface area contributed by atoms with Crippen LogP contribution in [0.25, 0.3) is 33.6 Å². The molecular formula is C48H46F2N10O5. The van der Waals surface area contributed by atoms with Crippen molar-refractivity contribution < 1.29 is 22.8 Å². The molecule has 12 rings (SSSR count). The molecule has 15 nitrogen and oxygen atoms in total. The molecule has 4 aliphatic rings. The highest BCUT2D eigenvalue weighted by Gasteiger charge is 2.53. The Morgan fingerprint density at radius 3 is 2.51 bits per heavy atom. The summed E-state index contributed by atoms with van der Waals surface area (Å²) in [5.41, 5.74) is 4.74. The molecule has 2 aliphatic heterocycles. The van der Waals surface area contributed by atoms with Crippen molar-refractivity contribution >= 4 is 22.3 Å². The van der Waals surface area contributed by atoms with Crippen LogP contribution in [0.4, 0.5) is 8.78 Å². The normalized spacial score (nSPS) is 20.2. The number of carbonyl (C=O) groups is 1. The lowest BCUT2D eigenvalue weighted by molar-refractivity contribution is -0.0593. The summed E-state index contributed by atoms with van der Waals surface area (Å²) < 4.78 is 50.4. The summed E-state index contributed by atoms with van der Waals surface area (Å²) in [5, 5.41) is 13.7. The second-order valence-electron chi connectivity index (χ2n) is 18.9. The van der Waals surface area contributed by atoms with Gasteiger partial charge in [-0.15, -0.1) is 0 Å². The molecule has 8 heterocycles. The highest BCUT2D eigenvalue weighted by atomic mass is 19.1. The molecule has 6 aromatic heterocycles. The van der Waals surface area contributed by atoms with Gasteiger partial charge in [-0.3, -0.25) is 28.1 Å². The first-order chi connectivity index (χ1) is 31.3.